The Balaban J connectivity index is 0.00000136. The lowest BCUT2D eigenvalue weighted by Crippen LogP contribution is -2.39. The third-order valence-corrected chi connectivity index (χ3v) is 4.09. The van der Waals surface area contributed by atoms with Gasteiger partial charge in [-0.05, 0) is 25.0 Å². The first-order chi connectivity index (χ1) is 13.3. The molecule has 0 atom stereocenters. The molecule has 0 N–H and O–H groups in total. The third kappa shape index (κ3) is 4.52. The summed E-state index contributed by atoms with van der Waals surface area (Å²) in [6, 6.07) is 0. The number of carbonyl (C=O) groups excluding carboxylic acids is 1. The molecule has 28 heavy (non-hydrogen) atoms. The Morgan fingerprint density at radius 2 is 1.93 bits per heavy atom. The zero-order chi connectivity index (χ0) is 20.9. The van der Waals surface area contributed by atoms with Crippen molar-refractivity contribution in [2.45, 2.75) is 39.3 Å². The van der Waals surface area contributed by atoms with E-state index in [0.29, 0.717) is 18.1 Å². The van der Waals surface area contributed by atoms with Gasteiger partial charge in [0.1, 0.15) is 17.2 Å². The Morgan fingerprint density at radius 3 is 2.50 bits per heavy atom. The Kier molecular flexibility index (Phi) is 6.82. The molecule has 1 amide bonds. The maximum Gasteiger partial charge on any atom is 0.433 e. The van der Waals surface area contributed by atoms with E-state index in [0.717, 1.165) is 25.2 Å². The highest BCUT2D eigenvalue weighted by atomic mass is 19.4. The van der Waals surface area contributed by atoms with Crippen LogP contribution in [-0.2, 0) is 9.53 Å². The summed E-state index contributed by atoms with van der Waals surface area (Å²) in [5, 5.41) is 4.59. The Morgan fingerprint density at radius 1 is 1.29 bits per heavy atom. The number of hydrogen-bond donors (Lipinski definition) is 0. The van der Waals surface area contributed by atoms with Crippen LogP contribution in [-0.4, -0.2) is 46.5 Å². The summed E-state index contributed by atoms with van der Waals surface area (Å²) in [4.78, 5) is 18.2. The van der Waals surface area contributed by atoms with Crippen molar-refractivity contribution in [3.05, 3.63) is 48.8 Å². The molecule has 3 heterocycles. The predicted molar refractivity (Wildman–Crippen MR) is 101 cm³/mol. The Labute approximate surface area is 162 Å². The molecule has 3 aliphatic heterocycles. The van der Waals surface area contributed by atoms with Crippen LogP contribution in [0.5, 0.6) is 0 Å². The monoisotopic (exact) mass is 396 g/mol. The molecule has 1 saturated heterocycles. The number of rotatable bonds is 4. The number of likely N-dealkylation sites (tertiary alicyclic amines) is 1. The lowest BCUT2D eigenvalue weighted by molar-refractivity contribution is -0.123. The smallest absolute Gasteiger partial charge is 0.433 e. The molecule has 0 aliphatic carbocycles. The van der Waals surface area contributed by atoms with Gasteiger partial charge in [-0.2, -0.15) is 18.3 Å². The summed E-state index contributed by atoms with van der Waals surface area (Å²) in [7, 11) is 0. The van der Waals surface area contributed by atoms with Crippen molar-refractivity contribution in [3.63, 3.8) is 0 Å². The quantitative estimate of drug-likeness (QED) is 0.672. The first-order valence-corrected chi connectivity index (χ1v) is 9.02. The van der Waals surface area contributed by atoms with Gasteiger partial charge in [-0.1, -0.05) is 27.0 Å². The highest BCUT2D eigenvalue weighted by Crippen LogP contribution is 2.36. The van der Waals surface area contributed by atoms with Gasteiger partial charge in [0.05, 0.1) is 6.26 Å². The van der Waals surface area contributed by atoms with Crippen molar-refractivity contribution >= 4 is 17.3 Å². The predicted octanol–water partition coefficient (Wildman–Crippen LogP) is 4.11. The van der Waals surface area contributed by atoms with Crippen LogP contribution < -0.4 is 0 Å². The summed E-state index contributed by atoms with van der Waals surface area (Å²) in [6.07, 6.45) is 0.465. The van der Waals surface area contributed by atoms with E-state index < -0.39 is 11.9 Å². The van der Waals surface area contributed by atoms with Gasteiger partial charge in [-0.25, -0.2) is 10.0 Å². The first kappa shape index (κ1) is 21.5. The van der Waals surface area contributed by atoms with Crippen LogP contribution in [0.4, 0.5) is 13.2 Å². The molecule has 0 unspecified atom stereocenters. The van der Waals surface area contributed by atoms with Crippen molar-refractivity contribution in [3.8, 4) is 0 Å². The first-order valence-electron chi connectivity index (χ1n) is 9.02. The normalized spacial score (nSPS) is 18.6. The summed E-state index contributed by atoms with van der Waals surface area (Å²) in [5.74, 6) is -0.430. The van der Waals surface area contributed by atoms with Gasteiger partial charge < -0.3 is 9.64 Å². The molecule has 0 saturated carbocycles. The van der Waals surface area contributed by atoms with Gasteiger partial charge in [-0.3, -0.25) is 4.79 Å². The highest BCUT2D eigenvalue weighted by molar-refractivity contribution is 6.39. The molecule has 1 fully saturated rings. The minimum atomic E-state index is -4.70. The maximum absolute atomic E-state index is 13.5. The molecule has 3 aliphatic rings. The number of hydrogen-bond acceptors (Lipinski definition) is 5. The zero-order valence-corrected chi connectivity index (χ0v) is 15.9. The zero-order valence-electron chi connectivity index (χ0n) is 15.9. The molecule has 0 aromatic rings. The minimum Gasteiger partial charge on any atom is -0.464 e. The molecule has 0 aromatic carbocycles. The molecule has 152 valence electrons. The molecule has 0 spiro atoms. The molecular weight excluding hydrogens is 373 g/mol. The summed E-state index contributed by atoms with van der Waals surface area (Å²) in [5.41, 5.74) is -1.08. The van der Waals surface area contributed by atoms with E-state index >= 15 is 0 Å². The molecule has 0 aromatic heterocycles. The van der Waals surface area contributed by atoms with Gasteiger partial charge in [0.2, 0.25) is 0 Å². The van der Waals surface area contributed by atoms with Crippen LogP contribution in [0, 0.1) is 0 Å². The largest absolute Gasteiger partial charge is 0.464 e. The molecular formula is C19H23F3N4O2. The SMILES string of the molecule is C=COC(=C)C1=NC2=CCC(C(=O)N3CCCC3)=NN2C(C(F)(F)F)=C1.CC. The highest BCUT2D eigenvalue weighted by Gasteiger charge is 2.43. The average Bonchev–Trinajstić information content (AvgIpc) is 3.22. The van der Waals surface area contributed by atoms with E-state index in [1.54, 1.807) is 4.90 Å². The minimum absolute atomic E-state index is 0.0263. The number of halogens is 3. The Bertz CT molecular complexity index is 773. The summed E-state index contributed by atoms with van der Waals surface area (Å²) < 4.78 is 45.5. The fourth-order valence-corrected chi connectivity index (χ4v) is 2.84. The van der Waals surface area contributed by atoms with Crippen molar-refractivity contribution < 1.29 is 22.7 Å². The number of allylic oxidation sites excluding steroid dienone is 3. The number of alkyl halides is 3. The fraction of sp³-hybridized carbons (Fsp3) is 0.421. The number of aliphatic imine (C=N–C) groups is 1. The van der Waals surface area contributed by atoms with Crippen LogP contribution in [0.2, 0.25) is 0 Å². The molecule has 3 rings (SSSR count). The molecule has 9 heteroatoms. The van der Waals surface area contributed by atoms with E-state index in [1.807, 2.05) is 13.8 Å². The van der Waals surface area contributed by atoms with Crippen LogP contribution in [0.25, 0.3) is 0 Å². The van der Waals surface area contributed by atoms with Crippen LogP contribution in [0.1, 0.15) is 33.1 Å². The summed E-state index contributed by atoms with van der Waals surface area (Å²) >= 11 is 0. The van der Waals surface area contributed by atoms with E-state index in [4.69, 9.17) is 4.74 Å². The average molecular weight is 396 g/mol. The number of nitrogens with zero attached hydrogens (tertiary/aromatic N) is 4. The van der Waals surface area contributed by atoms with Gasteiger partial charge in [-0.15, -0.1) is 0 Å². The second kappa shape index (κ2) is 8.90. The van der Waals surface area contributed by atoms with E-state index in [-0.39, 0.29) is 35.3 Å². The van der Waals surface area contributed by atoms with Crippen molar-refractivity contribution in [1.29, 1.82) is 0 Å². The number of carbonyl (C=O) groups is 1. The summed E-state index contributed by atoms with van der Waals surface area (Å²) in [6.45, 7) is 12.1. The second-order valence-electron chi connectivity index (χ2n) is 5.86. The van der Waals surface area contributed by atoms with E-state index in [1.165, 1.54) is 6.08 Å². The standard InChI is InChI=1S/C17H17F3N4O2.C2H6/c1-3-26-11(2)13-10-14(17(18,19)20)24-15(21-13)7-6-12(22-24)16(25)23-8-4-5-9-23;1-2/h3,7,10H,1-2,4-6,8-9H2;1-2H3. The van der Waals surface area contributed by atoms with Gasteiger partial charge >= 0.3 is 6.18 Å². The lowest BCUT2D eigenvalue weighted by atomic mass is 10.1. The van der Waals surface area contributed by atoms with Crippen LogP contribution in [0.15, 0.2) is 58.9 Å². The van der Waals surface area contributed by atoms with Crippen LogP contribution >= 0.6 is 0 Å². The number of hydrazone groups is 1. The lowest BCUT2D eigenvalue weighted by Gasteiger charge is -2.31. The topological polar surface area (TPSA) is 57.5 Å². The molecule has 0 radical (unpaired) electrons. The van der Waals surface area contributed by atoms with Gasteiger partial charge in [0.15, 0.2) is 11.5 Å². The fourth-order valence-electron chi connectivity index (χ4n) is 2.84. The van der Waals surface area contributed by atoms with Gasteiger partial charge in [0.25, 0.3) is 5.91 Å². The van der Waals surface area contributed by atoms with Crippen molar-refractivity contribution in [2.75, 3.05) is 13.1 Å². The van der Waals surface area contributed by atoms with Crippen LogP contribution in [0.3, 0.4) is 0 Å². The van der Waals surface area contributed by atoms with Gasteiger partial charge in [0, 0.05) is 19.5 Å². The van der Waals surface area contributed by atoms with Crippen molar-refractivity contribution in [2.24, 2.45) is 10.1 Å². The molecule has 0 bridgehead atoms. The number of fused-ring (bicyclic) bond motifs is 1. The molecule has 6 nitrogen and oxygen atoms in total. The number of amides is 1. The Hall–Kier alpha value is -2.84. The van der Waals surface area contributed by atoms with E-state index in [9.17, 15) is 18.0 Å². The number of ether oxygens (including phenoxy) is 1. The van der Waals surface area contributed by atoms with Crippen molar-refractivity contribution in [1.82, 2.24) is 9.91 Å². The van der Waals surface area contributed by atoms with E-state index in [2.05, 4.69) is 23.3 Å². The maximum atomic E-state index is 13.5. The third-order valence-electron chi connectivity index (χ3n) is 4.09. The second-order valence-corrected chi connectivity index (χ2v) is 5.86.